The number of rotatable bonds is 5. The fourth-order valence-electron chi connectivity index (χ4n) is 3.30. The normalized spacial score (nSPS) is 24.1. The first-order valence-electron chi connectivity index (χ1n) is 7.20. The summed E-state index contributed by atoms with van der Waals surface area (Å²) in [6, 6.07) is 11.5. The number of benzene rings is 1. The molecule has 2 nitrogen and oxygen atoms in total. The van der Waals surface area contributed by atoms with E-state index in [0.717, 1.165) is 19.0 Å². The minimum Gasteiger partial charge on any atom is -0.329 e. The van der Waals surface area contributed by atoms with Crippen molar-refractivity contribution < 1.29 is 0 Å². The molecule has 1 aliphatic heterocycles. The number of nitrogens with two attached hydrogens (primary N) is 1. The molecule has 18 heavy (non-hydrogen) atoms. The number of nitrogens with zero attached hydrogens (tertiary/aromatic N) is 1. The molecule has 0 radical (unpaired) electrons. The Bertz CT molecular complexity index is 363. The predicted molar refractivity (Wildman–Crippen MR) is 77.6 cm³/mol. The van der Waals surface area contributed by atoms with Gasteiger partial charge in [0.15, 0.2) is 0 Å². The Labute approximate surface area is 111 Å². The lowest BCUT2D eigenvalue weighted by atomic mass is 9.90. The van der Waals surface area contributed by atoms with E-state index >= 15 is 0 Å². The van der Waals surface area contributed by atoms with Crippen LogP contribution in [0.1, 0.15) is 38.7 Å². The third-order valence-electron chi connectivity index (χ3n) is 4.41. The average molecular weight is 246 g/mol. The first kappa shape index (κ1) is 13.6. The topological polar surface area (TPSA) is 29.3 Å². The molecule has 2 rings (SSSR count). The van der Waals surface area contributed by atoms with E-state index in [9.17, 15) is 0 Å². The maximum absolute atomic E-state index is 6.11. The molecule has 1 fully saturated rings. The molecule has 1 aliphatic rings. The van der Waals surface area contributed by atoms with Crippen LogP contribution in [-0.4, -0.2) is 29.6 Å². The van der Waals surface area contributed by atoms with Gasteiger partial charge in [-0.25, -0.2) is 0 Å². The van der Waals surface area contributed by atoms with Crippen molar-refractivity contribution in [3.8, 4) is 0 Å². The molecule has 0 saturated carbocycles. The number of hydrogen-bond acceptors (Lipinski definition) is 2. The van der Waals surface area contributed by atoms with Gasteiger partial charge in [-0.05, 0) is 44.7 Å². The highest BCUT2D eigenvalue weighted by Crippen LogP contribution is 2.30. The van der Waals surface area contributed by atoms with Gasteiger partial charge in [0.1, 0.15) is 0 Å². The monoisotopic (exact) mass is 246 g/mol. The first-order valence-corrected chi connectivity index (χ1v) is 7.20. The molecule has 1 aromatic rings. The van der Waals surface area contributed by atoms with Gasteiger partial charge in [-0.3, -0.25) is 4.90 Å². The van der Waals surface area contributed by atoms with Crippen molar-refractivity contribution in [3.05, 3.63) is 35.9 Å². The zero-order chi connectivity index (χ0) is 13.0. The van der Waals surface area contributed by atoms with Crippen LogP contribution in [0, 0.1) is 0 Å². The molecule has 2 atom stereocenters. The maximum Gasteiger partial charge on any atom is 0.0346 e. The Balaban J connectivity index is 2.14. The van der Waals surface area contributed by atoms with Gasteiger partial charge in [0.05, 0.1) is 0 Å². The molecule has 1 heterocycles. The van der Waals surface area contributed by atoms with Crippen molar-refractivity contribution in [3.63, 3.8) is 0 Å². The van der Waals surface area contributed by atoms with Gasteiger partial charge in [-0.2, -0.15) is 0 Å². The van der Waals surface area contributed by atoms with Crippen molar-refractivity contribution >= 4 is 0 Å². The second kappa shape index (κ2) is 5.85. The Morgan fingerprint density at radius 1 is 1.33 bits per heavy atom. The molecule has 0 amide bonds. The lowest BCUT2D eigenvalue weighted by Gasteiger charge is -2.42. The van der Waals surface area contributed by atoms with Crippen LogP contribution in [-0.2, 0) is 6.42 Å². The molecule has 0 spiro atoms. The third-order valence-corrected chi connectivity index (χ3v) is 4.41. The van der Waals surface area contributed by atoms with Crippen LogP contribution in [0.25, 0.3) is 0 Å². The quantitative estimate of drug-likeness (QED) is 0.865. The van der Waals surface area contributed by atoms with Crippen molar-refractivity contribution in [2.45, 2.75) is 51.1 Å². The second-order valence-corrected chi connectivity index (χ2v) is 5.76. The van der Waals surface area contributed by atoms with Crippen LogP contribution in [0.15, 0.2) is 30.3 Å². The molecule has 0 bridgehead atoms. The molecule has 1 saturated heterocycles. The molecule has 100 valence electrons. The summed E-state index contributed by atoms with van der Waals surface area (Å²) in [6.45, 7) is 6.56. The zero-order valence-corrected chi connectivity index (χ0v) is 11.7. The highest BCUT2D eigenvalue weighted by Gasteiger charge is 2.37. The van der Waals surface area contributed by atoms with Crippen molar-refractivity contribution in [2.24, 2.45) is 5.73 Å². The van der Waals surface area contributed by atoms with E-state index in [4.69, 9.17) is 5.73 Å². The van der Waals surface area contributed by atoms with Gasteiger partial charge in [0, 0.05) is 18.1 Å². The molecule has 2 unspecified atom stereocenters. The predicted octanol–water partition coefficient (Wildman–Crippen LogP) is 2.82. The van der Waals surface area contributed by atoms with Gasteiger partial charge in [-0.15, -0.1) is 0 Å². The van der Waals surface area contributed by atoms with Crippen LogP contribution in [0.5, 0.6) is 0 Å². The maximum atomic E-state index is 6.11. The highest BCUT2D eigenvalue weighted by molar-refractivity contribution is 5.18. The van der Waals surface area contributed by atoms with Crippen molar-refractivity contribution in [1.82, 2.24) is 4.90 Å². The lowest BCUT2D eigenvalue weighted by molar-refractivity contribution is 0.0935. The minimum absolute atomic E-state index is 0.110. The Hall–Kier alpha value is -0.860. The largest absolute Gasteiger partial charge is 0.329 e. The van der Waals surface area contributed by atoms with Gasteiger partial charge < -0.3 is 5.73 Å². The van der Waals surface area contributed by atoms with Crippen LogP contribution in [0.2, 0.25) is 0 Å². The van der Waals surface area contributed by atoms with E-state index < -0.39 is 0 Å². The summed E-state index contributed by atoms with van der Waals surface area (Å²) in [4.78, 5) is 2.65. The molecule has 1 aromatic carbocycles. The Morgan fingerprint density at radius 2 is 2.06 bits per heavy atom. The minimum atomic E-state index is 0.110. The summed E-state index contributed by atoms with van der Waals surface area (Å²) in [6.07, 6.45) is 4.95. The van der Waals surface area contributed by atoms with E-state index in [2.05, 4.69) is 49.1 Å². The molecule has 0 aromatic heterocycles. The van der Waals surface area contributed by atoms with E-state index in [1.165, 1.54) is 31.4 Å². The molecule has 0 aliphatic carbocycles. The molecular weight excluding hydrogens is 220 g/mol. The van der Waals surface area contributed by atoms with Gasteiger partial charge in [0.25, 0.3) is 0 Å². The Kier molecular flexibility index (Phi) is 4.41. The van der Waals surface area contributed by atoms with Crippen LogP contribution < -0.4 is 5.73 Å². The highest BCUT2D eigenvalue weighted by atomic mass is 15.2. The fraction of sp³-hybridized carbons (Fsp3) is 0.625. The molecule has 2 heteroatoms. The average Bonchev–Trinajstić information content (AvgIpc) is 2.88. The summed E-state index contributed by atoms with van der Waals surface area (Å²) in [7, 11) is 0. The third kappa shape index (κ3) is 2.76. The smallest absolute Gasteiger partial charge is 0.0346 e. The lowest BCUT2D eigenvalue weighted by Crippen LogP contribution is -2.55. The second-order valence-electron chi connectivity index (χ2n) is 5.76. The summed E-state index contributed by atoms with van der Waals surface area (Å²) in [5.41, 5.74) is 7.62. The number of hydrogen-bond donors (Lipinski definition) is 1. The fourth-order valence-corrected chi connectivity index (χ4v) is 3.30. The molecular formula is C16H26N2. The zero-order valence-electron chi connectivity index (χ0n) is 11.7. The van der Waals surface area contributed by atoms with Gasteiger partial charge in [-0.1, -0.05) is 37.3 Å². The van der Waals surface area contributed by atoms with E-state index in [1.54, 1.807) is 0 Å². The van der Waals surface area contributed by atoms with Crippen molar-refractivity contribution in [2.75, 3.05) is 13.1 Å². The summed E-state index contributed by atoms with van der Waals surface area (Å²) in [5, 5.41) is 0. The summed E-state index contributed by atoms with van der Waals surface area (Å²) >= 11 is 0. The molecule has 2 N–H and O–H groups in total. The first-order chi connectivity index (χ1) is 8.69. The standard InChI is InChI=1S/C16H26N2/c1-3-15-10-7-11-18(15)16(2,13-17)12-14-8-5-4-6-9-14/h4-6,8-9,15H,3,7,10-13,17H2,1-2H3. The van der Waals surface area contributed by atoms with Gasteiger partial charge >= 0.3 is 0 Å². The van der Waals surface area contributed by atoms with Crippen LogP contribution in [0.3, 0.4) is 0 Å². The SMILES string of the molecule is CCC1CCCN1C(C)(CN)Cc1ccccc1. The van der Waals surface area contributed by atoms with E-state index in [-0.39, 0.29) is 5.54 Å². The number of likely N-dealkylation sites (tertiary alicyclic amines) is 1. The van der Waals surface area contributed by atoms with Crippen molar-refractivity contribution in [1.29, 1.82) is 0 Å². The van der Waals surface area contributed by atoms with Gasteiger partial charge in [0.2, 0.25) is 0 Å². The van der Waals surface area contributed by atoms with E-state index in [0.29, 0.717) is 0 Å². The van der Waals surface area contributed by atoms with Crippen LogP contribution >= 0.6 is 0 Å². The summed E-state index contributed by atoms with van der Waals surface area (Å²) in [5.74, 6) is 0. The Morgan fingerprint density at radius 3 is 2.67 bits per heavy atom. The van der Waals surface area contributed by atoms with Crippen LogP contribution in [0.4, 0.5) is 0 Å². The summed E-state index contributed by atoms with van der Waals surface area (Å²) < 4.78 is 0. The van der Waals surface area contributed by atoms with E-state index in [1.807, 2.05) is 0 Å².